The fourth-order valence-corrected chi connectivity index (χ4v) is 3.22. The highest BCUT2D eigenvalue weighted by Gasteiger charge is 2.28. The first kappa shape index (κ1) is 17.8. The van der Waals surface area contributed by atoms with Crippen LogP contribution in [0.15, 0.2) is 42.5 Å². The summed E-state index contributed by atoms with van der Waals surface area (Å²) in [4.78, 5) is 11.9. The number of aryl methyl sites for hydroxylation is 1. The first-order valence-electron chi connectivity index (χ1n) is 8.73. The van der Waals surface area contributed by atoms with E-state index in [0.29, 0.717) is 12.0 Å². The van der Waals surface area contributed by atoms with Gasteiger partial charge in [0.15, 0.2) is 0 Å². The first-order chi connectivity index (χ1) is 12.1. The van der Waals surface area contributed by atoms with Gasteiger partial charge in [0.2, 0.25) is 0 Å². The van der Waals surface area contributed by atoms with Crippen LogP contribution in [0.5, 0.6) is 0 Å². The number of carbonyl (C=O) groups excluding carboxylic acids is 1. The molecule has 0 amide bonds. The number of ether oxygens (including phenoxy) is 1. The molecule has 132 valence electrons. The lowest BCUT2D eigenvalue weighted by molar-refractivity contribution is -0.139. The van der Waals surface area contributed by atoms with E-state index in [9.17, 15) is 14.3 Å². The monoisotopic (exact) mass is 342 g/mol. The lowest BCUT2D eigenvalue weighted by atomic mass is 9.94. The van der Waals surface area contributed by atoms with Crippen LogP contribution < -0.4 is 0 Å². The second kappa shape index (κ2) is 7.89. The highest BCUT2D eigenvalue weighted by atomic mass is 19.1. The number of aliphatic hydroxyl groups is 1. The molecule has 0 bridgehead atoms. The van der Waals surface area contributed by atoms with Gasteiger partial charge in [0, 0.05) is 19.3 Å². The lowest BCUT2D eigenvalue weighted by Gasteiger charge is -2.28. The molecule has 4 heteroatoms. The molecule has 2 unspecified atom stereocenters. The van der Waals surface area contributed by atoms with E-state index in [1.807, 2.05) is 12.1 Å². The van der Waals surface area contributed by atoms with Gasteiger partial charge in [0.25, 0.3) is 0 Å². The molecule has 0 spiro atoms. The van der Waals surface area contributed by atoms with Crippen molar-refractivity contribution in [2.75, 3.05) is 6.61 Å². The SMILES string of the molecule is CCc1ccc(Cc2cc(C3CC(=O)CC(CO)O3)ccc2F)cc1. The molecule has 2 aromatic carbocycles. The van der Waals surface area contributed by atoms with Crippen molar-refractivity contribution in [3.8, 4) is 0 Å². The minimum atomic E-state index is -0.471. The fourth-order valence-electron chi connectivity index (χ4n) is 3.22. The summed E-state index contributed by atoms with van der Waals surface area (Å²) < 4.78 is 20.0. The van der Waals surface area contributed by atoms with Gasteiger partial charge < -0.3 is 9.84 Å². The number of carbonyl (C=O) groups is 1. The molecular weight excluding hydrogens is 319 g/mol. The number of hydrogen-bond acceptors (Lipinski definition) is 3. The van der Waals surface area contributed by atoms with E-state index in [2.05, 4.69) is 19.1 Å². The first-order valence-corrected chi connectivity index (χ1v) is 8.73. The molecule has 1 N–H and O–H groups in total. The third-order valence-corrected chi connectivity index (χ3v) is 4.70. The Bertz CT molecular complexity index is 739. The van der Waals surface area contributed by atoms with Gasteiger partial charge in [-0.2, -0.15) is 0 Å². The van der Waals surface area contributed by atoms with Crippen molar-refractivity contribution in [2.45, 2.75) is 44.8 Å². The van der Waals surface area contributed by atoms with Crippen molar-refractivity contribution in [2.24, 2.45) is 0 Å². The van der Waals surface area contributed by atoms with E-state index in [0.717, 1.165) is 17.5 Å². The van der Waals surface area contributed by atoms with E-state index >= 15 is 0 Å². The van der Waals surface area contributed by atoms with Gasteiger partial charge in [0.1, 0.15) is 11.6 Å². The van der Waals surface area contributed by atoms with Crippen molar-refractivity contribution in [3.63, 3.8) is 0 Å². The summed E-state index contributed by atoms with van der Waals surface area (Å²) >= 11 is 0. The molecule has 1 aliphatic heterocycles. The maximum absolute atomic E-state index is 14.2. The van der Waals surface area contributed by atoms with Crippen LogP contribution >= 0.6 is 0 Å². The number of halogens is 1. The largest absolute Gasteiger partial charge is 0.394 e. The molecule has 1 heterocycles. The predicted molar refractivity (Wildman–Crippen MR) is 94.0 cm³/mol. The van der Waals surface area contributed by atoms with Gasteiger partial charge in [-0.15, -0.1) is 0 Å². The third kappa shape index (κ3) is 4.33. The molecule has 0 aromatic heterocycles. The van der Waals surface area contributed by atoms with Crippen LogP contribution in [-0.4, -0.2) is 23.6 Å². The summed E-state index contributed by atoms with van der Waals surface area (Å²) in [5, 5.41) is 9.27. The maximum Gasteiger partial charge on any atom is 0.138 e. The summed E-state index contributed by atoms with van der Waals surface area (Å²) in [6, 6.07) is 13.0. The Hall–Kier alpha value is -2.04. The average Bonchev–Trinajstić information content (AvgIpc) is 2.63. The molecule has 1 fully saturated rings. The third-order valence-electron chi connectivity index (χ3n) is 4.70. The molecule has 2 atom stereocenters. The van der Waals surface area contributed by atoms with Crippen molar-refractivity contribution in [1.82, 2.24) is 0 Å². The Morgan fingerprint density at radius 2 is 1.84 bits per heavy atom. The molecule has 1 aliphatic rings. The lowest BCUT2D eigenvalue weighted by Crippen LogP contribution is -2.31. The van der Waals surface area contributed by atoms with Gasteiger partial charge in [-0.05, 0) is 40.8 Å². The van der Waals surface area contributed by atoms with Crippen molar-refractivity contribution in [3.05, 3.63) is 70.5 Å². The number of ketones is 1. The molecule has 0 saturated carbocycles. The van der Waals surface area contributed by atoms with E-state index in [1.54, 1.807) is 12.1 Å². The molecule has 0 radical (unpaired) electrons. The molecule has 0 aliphatic carbocycles. The predicted octanol–water partition coefficient (Wildman–Crippen LogP) is 3.76. The fraction of sp³-hybridized carbons (Fsp3) is 0.381. The highest BCUT2D eigenvalue weighted by molar-refractivity contribution is 5.80. The van der Waals surface area contributed by atoms with E-state index in [4.69, 9.17) is 4.74 Å². The van der Waals surface area contributed by atoms with Gasteiger partial charge in [-0.3, -0.25) is 4.79 Å². The summed E-state index contributed by atoms with van der Waals surface area (Å²) in [5.74, 6) is -0.194. The Balaban J connectivity index is 1.81. The average molecular weight is 342 g/mol. The zero-order valence-corrected chi connectivity index (χ0v) is 14.4. The smallest absolute Gasteiger partial charge is 0.138 e. The van der Waals surface area contributed by atoms with Crippen molar-refractivity contribution >= 4 is 5.78 Å². The van der Waals surface area contributed by atoms with Crippen molar-refractivity contribution in [1.29, 1.82) is 0 Å². The summed E-state index contributed by atoms with van der Waals surface area (Å²) in [6.45, 7) is 1.92. The number of hydrogen-bond donors (Lipinski definition) is 1. The van der Waals surface area contributed by atoms with Crippen LogP contribution in [0.3, 0.4) is 0 Å². The van der Waals surface area contributed by atoms with E-state index in [1.165, 1.54) is 11.6 Å². The molecule has 1 saturated heterocycles. The van der Waals surface area contributed by atoms with Crippen LogP contribution in [0.2, 0.25) is 0 Å². The molecule has 25 heavy (non-hydrogen) atoms. The Kier molecular flexibility index (Phi) is 5.61. The minimum absolute atomic E-state index is 0.0660. The highest BCUT2D eigenvalue weighted by Crippen LogP contribution is 2.30. The Morgan fingerprint density at radius 1 is 1.12 bits per heavy atom. The van der Waals surface area contributed by atoms with Crippen LogP contribution in [0.25, 0.3) is 0 Å². The second-order valence-electron chi connectivity index (χ2n) is 6.57. The number of aliphatic hydroxyl groups excluding tert-OH is 1. The second-order valence-corrected chi connectivity index (χ2v) is 6.57. The molecule has 3 rings (SSSR count). The zero-order valence-electron chi connectivity index (χ0n) is 14.4. The van der Waals surface area contributed by atoms with Crippen molar-refractivity contribution < 1.29 is 19.0 Å². The summed E-state index contributed by atoms with van der Waals surface area (Å²) in [6.07, 6.45) is 1.09. The standard InChI is InChI=1S/C21H23FO3/c1-2-14-3-5-15(6-4-14)9-17-10-16(7-8-20(17)22)21-12-18(24)11-19(13-23)25-21/h3-8,10,19,21,23H,2,9,11-13H2,1H3. The number of rotatable bonds is 5. The molecule has 2 aromatic rings. The normalized spacial score (nSPS) is 20.7. The van der Waals surface area contributed by atoms with Gasteiger partial charge in [0.05, 0.1) is 18.8 Å². The maximum atomic E-state index is 14.2. The quantitative estimate of drug-likeness (QED) is 0.900. The van der Waals surface area contributed by atoms with Gasteiger partial charge in [-0.1, -0.05) is 37.3 Å². The molecule has 3 nitrogen and oxygen atoms in total. The van der Waals surface area contributed by atoms with Gasteiger partial charge in [-0.25, -0.2) is 4.39 Å². The molecular formula is C21H23FO3. The topological polar surface area (TPSA) is 46.5 Å². The Labute approximate surface area is 147 Å². The summed E-state index contributed by atoms with van der Waals surface area (Å²) in [5.41, 5.74) is 3.67. The van der Waals surface area contributed by atoms with Crippen LogP contribution in [-0.2, 0) is 22.4 Å². The number of benzene rings is 2. The van der Waals surface area contributed by atoms with Crippen LogP contribution in [0.4, 0.5) is 4.39 Å². The number of Topliss-reactive ketones (excluding diaryl/α,β-unsaturated/α-hetero) is 1. The minimum Gasteiger partial charge on any atom is -0.394 e. The van der Waals surface area contributed by atoms with Gasteiger partial charge >= 0.3 is 0 Å². The Morgan fingerprint density at radius 3 is 2.52 bits per heavy atom. The van der Waals surface area contributed by atoms with E-state index < -0.39 is 12.2 Å². The van der Waals surface area contributed by atoms with Crippen LogP contribution in [0.1, 0.15) is 48.1 Å². The van der Waals surface area contributed by atoms with Crippen LogP contribution in [0, 0.1) is 5.82 Å². The zero-order chi connectivity index (χ0) is 17.8. The summed E-state index contributed by atoms with van der Waals surface area (Å²) in [7, 11) is 0. The van der Waals surface area contributed by atoms with E-state index in [-0.39, 0.29) is 31.0 Å².